The fourth-order valence-electron chi connectivity index (χ4n) is 2.01. The second kappa shape index (κ2) is 14.0. The highest BCUT2D eigenvalue weighted by molar-refractivity contribution is 7.96. The summed E-state index contributed by atoms with van der Waals surface area (Å²) in [6, 6.07) is 0. The summed E-state index contributed by atoms with van der Waals surface area (Å²) in [5, 5.41) is 17.7. The molecule has 0 aliphatic rings. The third kappa shape index (κ3) is 12.3. The SMILES string of the molecule is CCCCC(CCCOC(=O)C(O)CC(=O)S)OC(=O)C(O)CC(=O)S. The van der Waals surface area contributed by atoms with E-state index in [9.17, 15) is 29.4 Å². The summed E-state index contributed by atoms with van der Waals surface area (Å²) in [7, 11) is 0. The molecule has 8 nitrogen and oxygen atoms in total. The first kappa shape index (κ1) is 24.9. The highest BCUT2D eigenvalue weighted by Gasteiger charge is 2.23. The van der Waals surface area contributed by atoms with Crippen LogP contribution in [0.5, 0.6) is 0 Å². The quantitative estimate of drug-likeness (QED) is 0.188. The van der Waals surface area contributed by atoms with Gasteiger partial charge in [0.05, 0.1) is 19.4 Å². The summed E-state index contributed by atoms with van der Waals surface area (Å²) >= 11 is 6.97. The summed E-state index contributed by atoms with van der Waals surface area (Å²) in [6.45, 7) is 1.95. The Balaban J connectivity index is 4.33. The largest absolute Gasteiger partial charge is 0.464 e. The maximum atomic E-state index is 11.8. The minimum Gasteiger partial charge on any atom is -0.464 e. The number of hydrogen-bond acceptors (Lipinski definition) is 8. The van der Waals surface area contributed by atoms with Gasteiger partial charge in [0.15, 0.2) is 22.4 Å². The van der Waals surface area contributed by atoms with E-state index in [1.165, 1.54) is 0 Å². The van der Waals surface area contributed by atoms with Crippen LogP contribution in [-0.4, -0.2) is 57.3 Å². The molecule has 26 heavy (non-hydrogen) atoms. The Bertz CT molecular complexity index is 483. The molecule has 0 aliphatic heterocycles. The Kier molecular flexibility index (Phi) is 13.4. The van der Waals surface area contributed by atoms with Crippen LogP contribution in [0, 0.1) is 0 Å². The Morgan fingerprint density at radius 1 is 0.885 bits per heavy atom. The molecule has 10 heteroatoms. The van der Waals surface area contributed by atoms with Crippen LogP contribution in [0.1, 0.15) is 51.9 Å². The van der Waals surface area contributed by atoms with E-state index in [2.05, 4.69) is 25.3 Å². The minimum atomic E-state index is -1.56. The number of rotatable bonds is 14. The molecule has 0 aromatic carbocycles. The van der Waals surface area contributed by atoms with Crippen LogP contribution in [0.3, 0.4) is 0 Å². The van der Waals surface area contributed by atoms with Crippen molar-refractivity contribution in [2.45, 2.75) is 70.2 Å². The molecule has 0 heterocycles. The molecule has 0 saturated heterocycles. The lowest BCUT2D eigenvalue weighted by atomic mass is 10.1. The molecular weight excluding hydrogens is 384 g/mol. The van der Waals surface area contributed by atoms with Crippen molar-refractivity contribution in [2.75, 3.05) is 6.61 Å². The number of aliphatic hydroxyl groups excluding tert-OH is 2. The monoisotopic (exact) mass is 410 g/mol. The van der Waals surface area contributed by atoms with Crippen molar-refractivity contribution >= 4 is 47.4 Å². The average Bonchev–Trinajstić information content (AvgIpc) is 2.54. The molecule has 0 bridgehead atoms. The topological polar surface area (TPSA) is 127 Å². The van der Waals surface area contributed by atoms with Gasteiger partial charge in [-0.2, -0.15) is 0 Å². The van der Waals surface area contributed by atoms with E-state index >= 15 is 0 Å². The van der Waals surface area contributed by atoms with Gasteiger partial charge in [-0.25, -0.2) is 9.59 Å². The maximum Gasteiger partial charge on any atom is 0.335 e. The highest BCUT2D eigenvalue weighted by Crippen LogP contribution is 2.14. The molecule has 0 amide bonds. The Hall–Kier alpha value is -1.10. The zero-order valence-corrected chi connectivity index (χ0v) is 16.4. The number of ether oxygens (including phenoxy) is 2. The Labute approximate surface area is 163 Å². The van der Waals surface area contributed by atoms with Gasteiger partial charge in [0.25, 0.3) is 0 Å². The van der Waals surface area contributed by atoms with Gasteiger partial charge in [0.2, 0.25) is 0 Å². The maximum absolute atomic E-state index is 11.8. The fraction of sp³-hybridized carbons (Fsp3) is 0.750. The summed E-state index contributed by atoms with van der Waals surface area (Å²) in [4.78, 5) is 44.7. The lowest BCUT2D eigenvalue weighted by Gasteiger charge is -2.19. The molecule has 2 N–H and O–H groups in total. The number of aliphatic hydroxyl groups is 2. The van der Waals surface area contributed by atoms with Gasteiger partial charge in [0, 0.05) is 0 Å². The molecule has 150 valence electrons. The van der Waals surface area contributed by atoms with Gasteiger partial charge < -0.3 is 19.7 Å². The van der Waals surface area contributed by atoms with Crippen molar-refractivity contribution in [2.24, 2.45) is 0 Å². The van der Waals surface area contributed by atoms with Gasteiger partial charge >= 0.3 is 11.9 Å². The molecule has 0 fully saturated rings. The predicted octanol–water partition coefficient (Wildman–Crippen LogP) is 0.827. The Morgan fingerprint density at radius 3 is 1.88 bits per heavy atom. The van der Waals surface area contributed by atoms with Crippen molar-refractivity contribution < 1.29 is 38.9 Å². The zero-order valence-electron chi connectivity index (χ0n) is 14.6. The molecule has 0 spiro atoms. The normalized spacial score (nSPS) is 14.2. The van der Waals surface area contributed by atoms with Crippen molar-refractivity contribution in [1.29, 1.82) is 0 Å². The van der Waals surface area contributed by atoms with Crippen molar-refractivity contribution in [3.8, 4) is 0 Å². The first-order chi connectivity index (χ1) is 12.2. The number of carbonyl (C=O) groups is 4. The number of thiol groups is 2. The number of unbranched alkanes of at least 4 members (excludes halogenated alkanes) is 1. The third-order valence-electron chi connectivity index (χ3n) is 3.36. The second-order valence-electron chi connectivity index (χ2n) is 5.74. The van der Waals surface area contributed by atoms with Crippen molar-refractivity contribution in [1.82, 2.24) is 0 Å². The molecule has 0 saturated carbocycles. The number of carbonyl (C=O) groups excluding carboxylic acids is 4. The second-order valence-corrected chi connectivity index (χ2v) is 6.74. The number of hydrogen-bond donors (Lipinski definition) is 4. The van der Waals surface area contributed by atoms with Gasteiger partial charge in [-0.1, -0.05) is 19.8 Å². The van der Waals surface area contributed by atoms with E-state index in [0.717, 1.165) is 12.8 Å². The molecule has 3 unspecified atom stereocenters. The molecular formula is C16H26O8S2. The average molecular weight is 411 g/mol. The minimum absolute atomic E-state index is 0.0193. The fourth-order valence-corrected chi connectivity index (χ4v) is 2.36. The first-order valence-corrected chi connectivity index (χ1v) is 9.23. The van der Waals surface area contributed by atoms with E-state index in [-0.39, 0.29) is 6.61 Å². The van der Waals surface area contributed by atoms with Crippen LogP contribution >= 0.6 is 25.3 Å². The first-order valence-electron chi connectivity index (χ1n) is 8.34. The molecule has 0 aliphatic carbocycles. The number of esters is 2. The molecule has 0 aromatic rings. The molecule has 0 rings (SSSR count). The van der Waals surface area contributed by atoms with Crippen molar-refractivity contribution in [3.63, 3.8) is 0 Å². The van der Waals surface area contributed by atoms with Gasteiger partial charge in [-0.3, -0.25) is 9.59 Å². The van der Waals surface area contributed by atoms with Crippen molar-refractivity contribution in [3.05, 3.63) is 0 Å². The third-order valence-corrected chi connectivity index (χ3v) is 3.72. The zero-order chi connectivity index (χ0) is 20.1. The molecule has 0 radical (unpaired) electrons. The van der Waals surface area contributed by atoms with Crippen LogP contribution in [-0.2, 0) is 28.7 Å². The summed E-state index contributed by atoms with van der Waals surface area (Å²) < 4.78 is 10.0. The van der Waals surface area contributed by atoms with Gasteiger partial charge in [-0.15, -0.1) is 25.3 Å². The summed E-state index contributed by atoms with van der Waals surface area (Å²) in [5.41, 5.74) is 0. The van der Waals surface area contributed by atoms with E-state index in [1.807, 2.05) is 6.92 Å². The molecule has 3 atom stereocenters. The summed E-state index contributed by atoms with van der Waals surface area (Å²) in [5.74, 6) is -1.81. The van der Waals surface area contributed by atoms with Gasteiger partial charge in [-0.05, 0) is 19.3 Å². The van der Waals surface area contributed by atoms with Crippen LogP contribution in [0.15, 0.2) is 0 Å². The van der Waals surface area contributed by atoms with E-state index in [0.29, 0.717) is 19.3 Å². The van der Waals surface area contributed by atoms with Gasteiger partial charge in [0.1, 0.15) is 6.10 Å². The standard InChI is InChI=1S/C16H26O8S2/c1-2-3-5-10(24-16(22)12(18)9-14(20)26)6-4-7-23-15(21)11(17)8-13(19)25/h10-12,17-18H,2-9H2,1H3,(H,19,25)(H,20,26). The Morgan fingerprint density at radius 2 is 1.38 bits per heavy atom. The molecule has 0 aromatic heterocycles. The lowest BCUT2D eigenvalue weighted by Crippen LogP contribution is -2.30. The lowest BCUT2D eigenvalue weighted by molar-refractivity contribution is -0.161. The van der Waals surface area contributed by atoms with E-state index in [1.54, 1.807) is 0 Å². The smallest absolute Gasteiger partial charge is 0.335 e. The predicted molar refractivity (Wildman–Crippen MR) is 98.8 cm³/mol. The van der Waals surface area contributed by atoms with Crippen LogP contribution < -0.4 is 0 Å². The van der Waals surface area contributed by atoms with E-state index in [4.69, 9.17) is 9.47 Å². The summed E-state index contributed by atoms with van der Waals surface area (Å²) in [6.07, 6.45) is -1.49. The van der Waals surface area contributed by atoms with Crippen LogP contribution in [0.2, 0.25) is 0 Å². The van der Waals surface area contributed by atoms with E-state index < -0.39 is 53.3 Å². The van der Waals surface area contributed by atoms with Crippen LogP contribution in [0.25, 0.3) is 0 Å². The highest BCUT2D eigenvalue weighted by atomic mass is 32.1. The van der Waals surface area contributed by atoms with Crippen LogP contribution in [0.4, 0.5) is 0 Å².